The molecule has 2 amide bonds. The smallest absolute Gasteiger partial charge is 0.270 e. The Morgan fingerprint density at radius 2 is 1.70 bits per heavy atom. The summed E-state index contributed by atoms with van der Waals surface area (Å²) in [5, 5.41) is 14.4. The van der Waals surface area contributed by atoms with Crippen molar-refractivity contribution >= 4 is 33.4 Å². The van der Waals surface area contributed by atoms with Gasteiger partial charge in [0.15, 0.2) is 0 Å². The van der Waals surface area contributed by atoms with Crippen LogP contribution in [0.25, 0.3) is 0 Å². The van der Waals surface area contributed by atoms with Crippen molar-refractivity contribution in [1.29, 1.82) is 0 Å². The van der Waals surface area contributed by atoms with Crippen LogP contribution in [-0.4, -0.2) is 23.6 Å². The van der Waals surface area contributed by atoms with Gasteiger partial charge in [-0.1, -0.05) is 46.3 Å². The zero-order chi connectivity index (χ0) is 16.7. The number of carbonyl (C=O) groups is 2. The Morgan fingerprint density at radius 1 is 1.04 bits per heavy atom. The monoisotopic (exact) mass is 377 g/mol. The normalized spacial score (nSPS) is 11.4. The van der Waals surface area contributed by atoms with Crippen molar-refractivity contribution < 1.29 is 14.8 Å². The Kier molecular flexibility index (Phi) is 6.13. The lowest BCUT2D eigenvalue weighted by atomic mass is 10.1. The van der Waals surface area contributed by atoms with Crippen molar-refractivity contribution in [3.8, 4) is 0 Å². The Balaban J connectivity index is 2.01. The van der Waals surface area contributed by atoms with E-state index < -0.39 is 11.9 Å². The zero-order valence-electron chi connectivity index (χ0n) is 12.1. The van der Waals surface area contributed by atoms with Crippen molar-refractivity contribution in [2.45, 2.75) is 6.04 Å². The molecule has 4 N–H and O–H groups in total. The van der Waals surface area contributed by atoms with Gasteiger partial charge in [-0.2, -0.15) is 0 Å². The predicted octanol–water partition coefficient (Wildman–Crippen LogP) is 2.22. The number of amides is 2. The van der Waals surface area contributed by atoms with E-state index in [9.17, 15) is 9.59 Å². The second-order valence-corrected chi connectivity index (χ2v) is 5.66. The van der Waals surface area contributed by atoms with E-state index in [1.54, 1.807) is 29.7 Å². The lowest BCUT2D eigenvalue weighted by molar-refractivity contribution is -0.134. The molecule has 7 heteroatoms. The number of rotatable bonds is 6. The molecule has 0 saturated heterocycles. The molecule has 23 heavy (non-hydrogen) atoms. The molecule has 2 rings (SSSR count). The molecule has 0 aliphatic carbocycles. The number of carbonyl (C=O) groups excluding carboxylic acids is 2. The van der Waals surface area contributed by atoms with Crippen molar-refractivity contribution in [3.63, 3.8) is 0 Å². The molecule has 0 aliphatic rings. The van der Waals surface area contributed by atoms with Crippen molar-refractivity contribution in [1.82, 2.24) is 10.8 Å². The van der Waals surface area contributed by atoms with E-state index >= 15 is 0 Å². The number of benzene rings is 2. The Bertz CT molecular complexity index is 662. The van der Waals surface area contributed by atoms with Gasteiger partial charge < -0.3 is 10.6 Å². The molecule has 2 aromatic rings. The number of para-hydroxylation sites is 1. The molecule has 2 aromatic carbocycles. The fourth-order valence-corrected chi connectivity index (χ4v) is 2.23. The van der Waals surface area contributed by atoms with E-state index in [-0.39, 0.29) is 12.5 Å². The zero-order valence-corrected chi connectivity index (χ0v) is 13.7. The molecule has 0 aliphatic heterocycles. The van der Waals surface area contributed by atoms with Gasteiger partial charge in [0.2, 0.25) is 5.91 Å². The minimum atomic E-state index is -0.974. The maximum absolute atomic E-state index is 12.0. The van der Waals surface area contributed by atoms with E-state index in [1.165, 1.54) is 0 Å². The van der Waals surface area contributed by atoms with E-state index in [1.807, 2.05) is 30.3 Å². The first kappa shape index (κ1) is 17.0. The Hall–Kier alpha value is -2.38. The molecule has 0 aromatic heterocycles. The van der Waals surface area contributed by atoms with Crippen molar-refractivity contribution in [2.24, 2.45) is 0 Å². The first-order valence-electron chi connectivity index (χ1n) is 6.88. The number of hydroxylamine groups is 1. The fourth-order valence-electron chi connectivity index (χ4n) is 1.97. The highest BCUT2D eigenvalue weighted by Crippen LogP contribution is 2.17. The molecular formula is C16H16BrN3O3. The molecule has 0 heterocycles. The molecule has 0 bridgehead atoms. The topological polar surface area (TPSA) is 90.5 Å². The SMILES string of the molecule is O=C(CNc1ccccc1)N[C@@H](C(=O)NO)c1ccc(Br)cc1. The summed E-state index contributed by atoms with van der Waals surface area (Å²) in [4.78, 5) is 23.8. The summed E-state index contributed by atoms with van der Waals surface area (Å²) in [6, 6.07) is 15.2. The van der Waals surface area contributed by atoms with E-state index in [4.69, 9.17) is 5.21 Å². The Labute approximate surface area is 142 Å². The van der Waals surface area contributed by atoms with Crippen LogP contribution in [0.15, 0.2) is 59.1 Å². The van der Waals surface area contributed by atoms with Crippen LogP contribution in [0.2, 0.25) is 0 Å². The van der Waals surface area contributed by atoms with Crippen molar-refractivity contribution in [2.75, 3.05) is 11.9 Å². The number of nitrogens with one attached hydrogen (secondary N) is 3. The van der Waals surface area contributed by atoms with Crippen molar-refractivity contribution in [3.05, 3.63) is 64.6 Å². The summed E-state index contributed by atoms with van der Waals surface area (Å²) in [5.41, 5.74) is 2.93. The lowest BCUT2D eigenvalue weighted by Crippen LogP contribution is -2.41. The average molecular weight is 378 g/mol. The molecule has 0 fully saturated rings. The van der Waals surface area contributed by atoms with Gasteiger partial charge >= 0.3 is 0 Å². The van der Waals surface area contributed by atoms with E-state index in [0.29, 0.717) is 5.56 Å². The first-order valence-corrected chi connectivity index (χ1v) is 7.67. The van der Waals surface area contributed by atoms with Crippen LogP contribution < -0.4 is 16.1 Å². The third kappa shape index (κ3) is 5.08. The van der Waals surface area contributed by atoms with Crippen LogP contribution >= 0.6 is 15.9 Å². The van der Waals surface area contributed by atoms with Gasteiger partial charge in [0.05, 0.1) is 6.54 Å². The minimum absolute atomic E-state index is 0.00967. The highest BCUT2D eigenvalue weighted by Gasteiger charge is 2.22. The van der Waals surface area contributed by atoms with E-state index in [0.717, 1.165) is 10.2 Å². The molecule has 1 atom stereocenters. The summed E-state index contributed by atoms with van der Waals surface area (Å²) in [7, 11) is 0. The van der Waals surface area contributed by atoms with Gasteiger partial charge in [0.1, 0.15) is 6.04 Å². The molecule has 0 radical (unpaired) electrons. The first-order chi connectivity index (χ1) is 11.1. The molecule has 120 valence electrons. The highest BCUT2D eigenvalue weighted by molar-refractivity contribution is 9.10. The third-order valence-electron chi connectivity index (χ3n) is 3.11. The summed E-state index contributed by atoms with van der Waals surface area (Å²) in [6.45, 7) is 0.00967. The van der Waals surface area contributed by atoms with Gasteiger partial charge in [0.25, 0.3) is 5.91 Å². The minimum Gasteiger partial charge on any atom is -0.376 e. The van der Waals surface area contributed by atoms with Crippen LogP contribution in [0, 0.1) is 0 Å². The summed E-state index contributed by atoms with van der Waals surface area (Å²) < 4.78 is 0.849. The number of halogens is 1. The maximum atomic E-state index is 12.0. The largest absolute Gasteiger partial charge is 0.376 e. The second kappa shape index (κ2) is 8.30. The number of hydrogen-bond acceptors (Lipinski definition) is 4. The average Bonchev–Trinajstić information content (AvgIpc) is 2.59. The van der Waals surface area contributed by atoms with Gasteiger partial charge in [-0.3, -0.25) is 14.8 Å². The molecular weight excluding hydrogens is 362 g/mol. The Morgan fingerprint density at radius 3 is 2.30 bits per heavy atom. The second-order valence-electron chi connectivity index (χ2n) is 4.75. The van der Waals surface area contributed by atoms with Crippen LogP contribution in [0.4, 0.5) is 5.69 Å². The quantitative estimate of drug-likeness (QED) is 0.458. The number of hydrogen-bond donors (Lipinski definition) is 4. The van der Waals surface area contributed by atoms with Gasteiger partial charge in [-0.05, 0) is 29.8 Å². The van der Waals surface area contributed by atoms with E-state index in [2.05, 4.69) is 26.6 Å². The molecule has 0 unspecified atom stereocenters. The standard InChI is InChI=1S/C16H16BrN3O3/c17-12-8-6-11(7-9-12)15(16(22)20-23)19-14(21)10-18-13-4-2-1-3-5-13/h1-9,15,18,23H,10H2,(H,19,21)(H,20,22)/t15-/m1/s1. The fraction of sp³-hybridized carbons (Fsp3) is 0.125. The molecule has 0 spiro atoms. The lowest BCUT2D eigenvalue weighted by Gasteiger charge is -2.17. The van der Waals surface area contributed by atoms with Gasteiger partial charge in [0, 0.05) is 10.2 Å². The maximum Gasteiger partial charge on any atom is 0.270 e. The summed E-state index contributed by atoms with van der Waals surface area (Å²) in [6.07, 6.45) is 0. The highest BCUT2D eigenvalue weighted by atomic mass is 79.9. The number of anilines is 1. The van der Waals surface area contributed by atoms with Crippen LogP contribution in [0.5, 0.6) is 0 Å². The van der Waals surface area contributed by atoms with Gasteiger partial charge in [-0.25, -0.2) is 5.48 Å². The third-order valence-corrected chi connectivity index (χ3v) is 3.64. The van der Waals surface area contributed by atoms with Crippen LogP contribution in [-0.2, 0) is 9.59 Å². The summed E-state index contributed by atoms with van der Waals surface area (Å²) >= 11 is 3.30. The molecule has 6 nitrogen and oxygen atoms in total. The van der Waals surface area contributed by atoms with Gasteiger partial charge in [-0.15, -0.1) is 0 Å². The predicted molar refractivity (Wildman–Crippen MR) is 89.9 cm³/mol. The van der Waals surface area contributed by atoms with Crippen LogP contribution in [0.1, 0.15) is 11.6 Å². The van der Waals surface area contributed by atoms with Crippen LogP contribution in [0.3, 0.4) is 0 Å². The molecule has 0 saturated carbocycles. The summed E-state index contributed by atoms with van der Waals surface area (Å²) in [5.74, 6) is -1.08.